The number of halogens is 5. The summed E-state index contributed by atoms with van der Waals surface area (Å²) in [6.45, 7) is 2.65. The van der Waals surface area contributed by atoms with Crippen LogP contribution in [-0.2, 0) is 0 Å². The second-order valence-corrected chi connectivity index (χ2v) is 5.60. The van der Waals surface area contributed by atoms with Crippen molar-refractivity contribution in [3.63, 3.8) is 0 Å². The predicted molar refractivity (Wildman–Crippen MR) is 88.5 cm³/mol. The second kappa shape index (κ2) is 9.28. The maximum absolute atomic E-state index is 13.3. The van der Waals surface area contributed by atoms with E-state index in [9.17, 15) is 9.50 Å². The summed E-state index contributed by atoms with van der Waals surface area (Å²) in [5, 5.41) is 13.5. The summed E-state index contributed by atoms with van der Waals surface area (Å²) in [5.41, 5.74) is 0.541. The topological polar surface area (TPSA) is 35.5 Å². The number of piperazine rings is 1. The number of hydrogen-bond acceptors (Lipinski definition) is 3. The van der Waals surface area contributed by atoms with Crippen LogP contribution in [0, 0.1) is 0 Å². The highest BCUT2D eigenvalue weighted by molar-refractivity contribution is 9.10. The molecule has 1 fully saturated rings. The molecule has 1 aromatic carbocycles. The first-order valence-corrected chi connectivity index (χ1v) is 6.99. The van der Waals surface area contributed by atoms with Crippen LogP contribution >= 0.6 is 52.3 Å². The molecule has 0 bridgehead atoms. The Bertz CT molecular complexity index is 433. The molecule has 1 aliphatic heterocycles. The van der Waals surface area contributed by atoms with E-state index in [0.29, 0.717) is 5.56 Å². The molecule has 1 atom stereocenters. The maximum atomic E-state index is 13.3. The molecule has 8 heteroatoms. The summed E-state index contributed by atoms with van der Waals surface area (Å²) >= 11 is 9.25. The van der Waals surface area contributed by atoms with Crippen molar-refractivity contribution in [3.05, 3.63) is 27.2 Å². The number of aromatic hydroxyl groups is 1. The van der Waals surface area contributed by atoms with E-state index in [2.05, 4.69) is 21.2 Å². The zero-order valence-electron chi connectivity index (χ0n) is 10.6. The van der Waals surface area contributed by atoms with Crippen molar-refractivity contribution in [1.82, 2.24) is 10.2 Å². The smallest absolute Gasteiger partial charge is 0.139 e. The molecular weight excluding hydrogens is 393 g/mol. The Morgan fingerprint density at radius 1 is 1.35 bits per heavy atom. The number of phenols is 1. The van der Waals surface area contributed by atoms with Crippen LogP contribution in [0.25, 0.3) is 0 Å². The van der Waals surface area contributed by atoms with Gasteiger partial charge in [-0.05, 0) is 12.1 Å². The summed E-state index contributed by atoms with van der Waals surface area (Å²) in [6, 6.07) is 2.89. The lowest BCUT2D eigenvalue weighted by Gasteiger charge is -2.34. The van der Waals surface area contributed by atoms with Crippen LogP contribution < -0.4 is 5.32 Å². The third-order valence-corrected chi connectivity index (χ3v) is 3.90. The van der Waals surface area contributed by atoms with Gasteiger partial charge in [0.25, 0.3) is 0 Å². The molecule has 0 aliphatic carbocycles. The Morgan fingerprint density at radius 3 is 2.50 bits per heavy atom. The van der Waals surface area contributed by atoms with Gasteiger partial charge in [-0.15, -0.1) is 24.8 Å². The molecule has 0 radical (unpaired) electrons. The highest BCUT2D eigenvalue weighted by Crippen LogP contribution is 2.37. The lowest BCUT2D eigenvalue weighted by molar-refractivity contribution is 0.145. The van der Waals surface area contributed by atoms with E-state index in [0.717, 1.165) is 30.7 Å². The molecule has 116 valence electrons. The molecule has 1 saturated heterocycles. The van der Waals surface area contributed by atoms with Gasteiger partial charge in [0.05, 0.1) is 11.1 Å². The molecule has 2 N–H and O–H groups in total. The van der Waals surface area contributed by atoms with Gasteiger partial charge in [-0.1, -0.05) is 27.5 Å². The standard InChI is InChI=1S/C12H15BrClFN2O.2ClH/c13-8-5-9(12(18)10(14)6-8)11(7-15)17-3-1-16-2-4-17;;/h5-6,11,16,18H,1-4,7H2;2*1H/t11-;;/m1../s1. The van der Waals surface area contributed by atoms with Crippen molar-refractivity contribution in [3.8, 4) is 5.75 Å². The van der Waals surface area contributed by atoms with Crippen LogP contribution in [0.3, 0.4) is 0 Å². The van der Waals surface area contributed by atoms with E-state index in [4.69, 9.17) is 11.6 Å². The van der Waals surface area contributed by atoms with Gasteiger partial charge < -0.3 is 10.4 Å². The molecule has 0 unspecified atom stereocenters. The summed E-state index contributed by atoms with van der Waals surface area (Å²) in [6.07, 6.45) is 0. The molecule has 0 amide bonds. The number of benzene rings is 1. The molecule has 0 saturated carbocycles. The minimum atomic E-state index is -0.541. The van der Waals surface area contributed by atoms with Gasteiger partial charge in [0.2, 0.25) is 0 Å². The Morgan fingerprint density at radius 2 is 1.95 bits per heavy atom. The van der Waals surface area contributed by atoms with Gasteiger partial charge in [0, 0.05) is 36.2 Å². The van der Waals surface area contributed by atoms with E-state index in [-0.39, 0.29) is 35.6 Å². The van der Waals surface area contributed by atoms with Gasteiger partial charge in [-0.25, -0.2) is 4.39 Å². The SMILES string of the molecule is Cl.Cl.Oc1c(Cl)cc(Br)cc1[C@@H](CF)N1CCNCC1. The van der Waals surface area contributed by atoms with Crippen LogP contribution in [0.4, 0.5) is 4.39 Å². The van der Waals surface area contributed by atoms with Crippen LogP contribution in [-0.4, -0.2) is 42.9 Å². The zero-order chi connectivity index (χ0) is 13.1. The third-order valence-electron chi connectivity index (χ3n) is 3.16. The Hall–Kier alpha value is 0.220. The molecule has 0 aromatic heterocycles. The minimum Gasteiger partial charge on any atom is -0.506 e. The van der Waals surface area contributed by atoms with Crippen molar-refractivity contribution in [2.24, 2.45) is 0 Å². The average Bonchev–Trinajstić information content (AvgIpc) is 2.37. The number of rotatable bonds is 3. The molecule has 2 rings (SSSR count). The highest BCUT2D eigenvalue weighted by atomic mass is 79.9. The van der Waals surface area contributed by atoms with E-state index in [1.807, 2.05) is 4.90 Å². The highest BCUT2D eigenvalue weighted by Gasteiger charge is 2.25. The zero-order valence-corrected chi connectivity index (χ0v) is 14.6. The van der Waals surface area contributed by atoms with Crippen molar-refractivity contribution >= 4 is 52.3 Å². The fraction of sp³-hybridized carbons (Fsp3) is 0.500. The van der Waals surface area contributed by atoms with Crippen molar-refractivity contribution < 1.29 is 9.50 Å². The lowest BCUT2D eigenvalue weighted by atomic mass is 10.0. The molecular formula is C12H17BrCl3FN2O. The first kappa shape index (κ1) is 20.2. The molecule has 3 nitrogen and oxygen atoms in total. The second-order valence-electron chi connectivity index (χ2n) is 4.28. The molecule has 20 heavy (non-hydrogen) atoms. The quantitative estimate of drug-likeness (QED) is 0.800. The largest absolute Gasteiger partial charge is 0.506 e. The Labute approximate surface area is 143 Å². The van der Waals surface area contributed by atoms with Crippen LogP contribution in [0.15, 0.2) is 16.6 Å². The van der Waals surface area contributed by atoms with Crippen molar-refractivity contribution in [1.29, 1.82) is 0 Å². The number of phenolic OH excluding ortho intramolecular Hbond substituents is 1. The Balaban J connectivity index is 0.00000180. The Kier molecular flexibility index (Phi) is 9.38. The van der Waals surface area contributed by atoms with Crippen molar-refractivity contribution in [2.75, 3.05) is 32.9 Å². The van der Waals surface area contributed by atoms with E-state index >= 15 is 0 Å². The van der Waals surface area contributed by atoms with Crippen LogP contribution in [0.5, 0.6) is 5.75 Å². The monoisotopic (exact) mass is 408 g/mol. The van der Waals surface area contributed by atoms with Crippen molar-refractivity contribution in [2.45, 2.75) is 6.04 Å². The van der Waals surface area contributed by atoms with Gasteiger partial charge in [-0.2, -0.15) is 0 Å². The lowest BCUT2D eigenvalue weighted by Crippen LogP contribution is -2.45. The van der Waals surface area contributed by atoms with Gasteiger partial charge in [0.1, 0.15) is 12.4 Å². The fourth-order valence-electron chi connectivity index (χ4n) is 2.21. The number of hydrogen-bond donors (Lipinski definition) is 2. The normalized spacial score (nSPS) is 16.9. The molecule has 0 spiro atoms. The maximum Gasteiger partial charge on any atom is 0.139 e. The summed E-state index contributed by atoms with van der Waals surface area (Å²) in [5.74, 6) is -0.0268. The average molecular weight is 411 g/mol. The summed E-state index contributed by atoms with van der Waals surface area (Å²) < 4.78 is 14.1. The van der Waals surface area contributed by atoms with Gasteiger partial charge in [0.15, 0.2) is 0 Å². The molecule has 1 aliphatic rings. The first-order valence-electron chi connectivity index (χ1n) is 5.82. The predicted octanol–water partition coefficient (Wildman–Crippen LogP) is 3.57. The number of alkyl halides is 1. The van der Waals surface area contributed by atoms with Gasteiger partial charge in [-0.3, -0.25) is 4.90 Å². The van der Waals surface area contributed by atoms with E-state index < -0.39 is 12.7 Å². The third kappa shape index (κ3) is 4.61. The van der Waals surface area contributed by atoms with Crippen LogP contribution in [0.1, 0.15) is 11.6 Å². The van der Waals surface area contributed by atoms with Gasteiger partial charge >= 0.3 is 0 Å². The van der Waals surface area contributed by atoms with E-state index in [1.54, 1.807) is 12.1 Å². The first-order chi connectivity index (χ1) is 8.63. The summed E-state index contributed by atoms with van der Waals surface area (Å²) in [7, 11) is 0. The number of nitrogens with one attached hydrogen (secondary N) is 1. The van der Waals surface area contributed by atoms with E-state index in [1.165, 1.54) is 0 Å². The molecule has 1 aromatic rings. The molecule has 1 heterocycles. The summed E-state index contributed by atoms with van der Waals surface area (Å²) in [4.78, 5) is 2.02. The number of nitrogens with zero attached hydrogens (tertiary/aromatic N) is 1. The van der Waals surface area contributed by atoms with Crippen LogP contribution in [0.2, 0.25) is 5.02 Å². The fourth-order valence-corrected chi connectivity index (χ4v) is 3.05. The minimum absolute atomic E-state index is 0.